The van der Waals surface area contributed by atoms with Gasteiger partial charge in [0.05, 0.1) is 23.8 Å². The molecule has 1 aliphatic heterocycles. The zero-order valence-electron chi connectivity index (χ0n) is 12.9. The van der Waals surface area contributed by atoms with Gasteiger partial charge in [-0.25, -0.2) is 4.68 Å². The minimum Gasteiger partial charge on any atom is -0.508 e. The van der Waals surface area contributed by atoms with Crippen molar-refractivity contribution in [2.75, 3.05) is 5.32 Å². The van der Waals surface area contributed by atoms with Crippen LogP contribution in [0.25, 0.3) is 5.76 Å². The van der Waals surface area contributed by atoms with Gasteiger partial charge in [-0.15, -0.1) is 0 Å². The highest BCUT2D eigenvalue weighted by Crippen LogP contribution is 2.37. The van der Waals surface area contributed by atoms with Gasteiger partial charge in [0.2, 0.25) is 0 Å². The van der Waals surface area contributed by atoms with Gasteiger partial charge >= 0.3 is 0 Å². The van der Waals surface area contributed by atoms with Gasteiger partial charge < -0.3 is 10.4 Å². The summed E-state index contributed by atoms with van der Waals surface area (Å²) in [7, 11) is 0. The Morgan fingerprint density at radius 1 is 1.33 bits per heavy atom. The highest BCUT2D eigenvalue weighted by atomic mass is 16.3. The standard InChI is InChI=1S/C15H17N3O.C2H6/c1-10-8-14(12-6-4-3-5-7-12)17-15-13(11(2)19)9-16-18(10)15;1-2/h3-7,9-10,14,17,19H,2,8H2,1H3;1-2H3. The summed E-state index contributed by atoms with van der Waals surface area (Å²) in [5, 5.41) is 17.4. The monoisotopic (exact) mass is 285 g/mol. The highest BCUT2D eigenvalue weighted by molar-refractivity contribution is 5.68. The number of fused-ring (bicyclic) bond motifs is 1. The van der Waals surface area contributed by atoms with E-state index in [1.807, 2.05) is 36.7 Å². The average molecular weight is 285 g/mol. The van der Waals surface area contributed by atoms with Crippen LogP contribution in [0.1, 0.15) is 50.4 Å². The molecular weight excluding hydrogens is 262 g/mol. The van der Waals surface area contributed by atoms with Crippen molar-refractivity contribution >= 4 is 11.6 Å². The van der Waals surface area contributed by atoms with E-state index in [0.717, 1.165) is 12.2 Å². The number of nitrogens with zero attached hydrogens (tertiary/aromatic N) is 2. The Morgan fingerprint density at radius 3 is 2.62 bits per heavy atom. The highest BCUT2D eigenvalue weighted by Gasteiger charge is 2.27. The number of aromatic nitrogens is 2. The number of aliphatic hydroxyl groups is 1. The number of hydrogen-bond donors (Lipinski definition) is 2. The Kier molecular flexibility index (Phi) is 4.68. The second-order valence-corrected chi connectivity index (χ2v) is 4.99. The summed E-state index contributed by atoms with van der Waals surface area (Å²) < 4.78 is 1.91. The molecule has 1 aliphatic rings. The maximum Gasteiger partial charge on any atom is 0.136 e. The molecule has 21 heavy (non-hydrogen) atoms. The lowest BCUT2D eigenvalue weighted by molar-refractivity contribution is 0.407. The van der Waals surface area contributed by atoms with Gasteiger partial charge in [-0.2, -0.15) is 5.10 Å². The molecule has 1 aromatic heterocycles. The van der Waals surface area contributed by atoms with Crippen LogP contribution >= 0.6 is 0 Å². The number of hydrogen-bond acceptors (Lipinski definition) is 3. The predicted octanol–water partition coefficient (Wildman–Crippen LogP) is 4.56. The molecule has 0 fully saturated rings. The van der Waals surface area contributed by atoms with E-state index in [4.69, 9.17) is 0 Å². The zero-order chi connectivity index (χ0) is 15.4. The minimum atomic E-state index is 0.0506. The Hall–Kier alpha value is -2.23. The number of aliphatic hydroxyl groups excluding tert-OH is 1. The van der Waals surface area contributed by atoms with Crippen LogP contribution in [0.3, 0.4) is 0 Å². The van der Waals surface area contributed by atoms with Gasteiger partial charge in [-0.05, 0) is 18.9 Å². The molecule has 0 amide bonds. The summed E-state index contributed by atoms with van der Waals surface area (Å²) in [6.07, 6.45) is 2.63. The molecule has 0 saturated carbocycles. The third kappa shape index (κ3) is 2.94. The lowest BCUT2D eigenvalue weighted by Crippen LogP contribution is -2.25. The SMILES string of the molecule is C=C(O)c1cnn2c1NC(c1ccccc1)CC2C.CC. The Bertz CT molecular complexity index is 604. The zero-order valence-corrected chi connectivity index (χ0v) is 12.9. The molecular formula is C17H23N3O. The third-order valence-electron chi connectivity index (χ3n) is 3.61. The molecule has 2 atom stereocenters. The van der Waals surface area contributed by atoms with Gasteiger partial charge in [0.25, 0.3) is 0 Å². The summed E-state index contributed by atoms with van der Waals surface area (Å²) >= 11 is 0. The molecule has 2 aromatic rings. The van der Waals surface area contributed by atoms with E-state index in [0.29, 0.717) is 5.56 Å². The molecule has 112 valence electrons. The lowest BCUT2D eigenvalue weighted by Gasteiger charge is -2.31. The molecule has 2 unspecified atom stereocenters. The van der Waals surface area contributed by atoms with Gasteiger partial charge in [-0.3, -0.25) is 0 Å². The fourth-order valence-electron chi connectivity index (χ4n) is 2.62. The van der Waals surface area contributed by atoms with Crippen LogP contribution in [0.15, 0.2) is 43.1 Å². The number of rotatable bonds is 2. The molecule has 0 spiro atoms. The van der Waals surface area contributed by atoms with E-state index in [-0.39, 0.29) is 17.8 Å². The van der Waals surface area contributed by atoms with Crippen LogP contribution in [0.2, 0.25) is 0 Å². The normalized spacial score (nSPS) is 19.8. The molecule has 3 rings (SSSR count). The molecule has 0 aliphatic carbocycles. The van der Waals surface area contributed by atoms with E-state index in [2.05, 4.69) is 36.1 Å². The first-order valence-electron chi connectivity index (χ1n) is 7.44. The van der Waals surface area contributed by atoms with E-state index >= 15 is 0 Å². The lowest BCUT2D eigenvalue weighted by atomic mass is 9.98. The summed E-state index contributed by atoms with van der Waals surface area (Å²) in [6.45, 7) is 9.73. The topological polar surface area (TPSA) is 50.1 Å². The van der Waals surface area contributed by atoms with E-state index in [1.165, 1.54) is 5.56 Å². The fourth-order valence-corrected chi connectivity index (χ4v) is 2.62. The molecule has 2 N–H and O–H groups in total. The van der Waals surface area contributed by atoms with Crippen LogP contribution < -0.4 is 5.32 Å². The quantitative estimate of drug-likeness (QED) is 0.795. The van der Waals surface area contributed by atoms with Gasteiger partial charge in [0, 0.05) is 0 Å². The molecule has 2 heterocycles. The first-order chi connectivity index (χ1) is 10.2. The smallest absolute Gasteiger partial charge is 0.136 e. The van der Waals surface area contributed by atoms with E-state index < -0.39 is 0 Å². The number of anilines is 1. The molecule has 0 bridgehead atoms. The van der Waals surface area contributed by atoms with Crippen LogP contribution in [0.5, 0.6) is 0 Å². The van der Waals surface area contributed by atoms with Crippen molar-refractivity contribution in [3.05, 3.63) is 54.2 Å². The van der Waals surface area contributed by atoms with Crippen molar-refractivity contribution in [1.29, 1.82) is 0 Å². The minimum absolute atomic E-state index is 0.0506. The maximum absolute atomic E-state index is 9.62. The third-order valence-corrected chi connectivity index (χ3v) is 3.61. The van der Waals surface area contributed by atoms with Crippen LogP contribution in [0, 0.1) is 0 Å². The van der Waals surface area contributed by atoms with E-state index in [9.17, 15) is 5.11 Å². The van der Waals surface area contributed by atoms with E-state index in [1.54, 1.807) is 6.20 Å². The summed E-state index contributed by atoms with van der Waals surface area (Å²) in [5.41, 5.74) is 1.92. The molecule has 4 nitrogen and oxygen atoms in total. The van der Waals surface area contributed by atoms with Crippen LogP contribution in [-0.2, 0) is 0 Å². The largest absolute Gasteiger partial charge is 0.508 e. The average Bonchev–Trinajstić information content (AvgIpc) is 2.95. The van der Waals surface area contributed by atoms with Crippen molar-refractivity contribution in [2.45, 2.75) is 39.3 Å². The van der Waals surface area contributed by atoms with Gasteiger partial charge in [0.1, 0.15) is 11.6 Å². The summed E-state index contributed by atoms with van der Waals surface area (Å²) in [4.78, 5) is 0. The first kappa shape index (κ1) is 15.2. The first-order valence-corrected chi connectivity index (χ1v) is 7.44. The van der Waals surface area contributed by atoms with Crippen molar-refractivity contribution in [3.63, 3.8) is 0 Å². The molecule has 0 saturated heterocycles. The van der Waals surface area contributed by atoms with Crippen molar-refractivity contribution < 1.29 is 5.11 Å². The predicted molar refractivity (Wildman–Crippen MR) is 87.4 cm³/mol. The van der Waals surface area contributed by atoms with Gasteiger partial charge in [-0.1, -0.05) is 50.8 Å². The Balaban J connectivity index is 0.000000774. The molecule has 4 heteroatoms. The van der Waals surface area contributed by atoms with Crippen LogP contribution in [0.4, 0.5) is 5.82 Å². The van der Waals surface area contributed by atoms with Crippen LogP contribution in [-0.4, -0.2) is 14.9 Å². The maximum atomic E-state index is 9.62. The summed E-state index contributed by atoms with van der Waals surface area (Å²) in [6, 6.07) is 10.8. The second-order valence-electron chi connectivity index (χ2n) is 4.99. The Labute approximate surface area is 126 Å². The number of nitrogens with one attached hydrogen (secondary N) is 1. The molecule has 0 radical (unpaired) electrons. The molecule has 1 aromatic carbocycles. The second kappa shape index (κ2) is 6.48. The van der Waals surface area contributed by atoms with Gasteiger partial charge in [0.15, 0.2) is 0 Å². The Morgan fingerprint density at radius 2 is 2.00 bits per heavy atom. The van der Waals surface area contributed by atoms with Crippen molar-refractivity contribution in [2.24, 2.45) is 0 Å². The van der Waals surface area contributed by atoms with Crippen molar-refractivity contribution in [3.8, 4) is 0 Å². The van der Waals surface area contributed by atoms with Crippen molar-refractivity contribution in [1.82, 2.24) is 9.78 Å². The number of benzene rings is 1. The summed E-state index contributed by atoms with van der Waals surface area (Å²) in [5.74, 6) is 0.898. The fraction of sp³-hybridized carbons (Fsp3) is 0.353.